The number of fused-ring (bicyclic) bond motifs is 4. The van der Waals surface area contributed by atoms with E-state index in [9.17, 15) is 15.3 Å². The van der Waals surface area contributed by atoms with E-state index in [1.807, 2.05) is 30.3 Å². The van der Waals surface area contributed by atoms with Crippen LogP contribution in [0.4, 0.5) is 0 Å². The summed E-state index contributed by atoms with van der Waals surface area (Å²) in [6.45, 7) is 11.9. The van der Waals surface area contributed by atoms with Crippen molar-refractivity contribution in [3.8, 4) is 0 Å². The zero-order valence-corrected chi connectivity index (χ0v) is 23.2. The van der Waals surface area contributed by atoms with Gasteiger partial charge in [-0.05, 0) is 108 Å². The molecule has 1 fully saturated rings. The summed E-state index contributed by atoms with van der Waals surface area (Å²) < 4.78 is 0. The van der Waals surface area contributed by atoms with E-state index in [1.54, 1.807) is 16.7 Å². The molecular weight excluding hydrogens is 444 g/mol. The van der Waals surface area contributed by atoms with Crippen molar-refractivity contribution < 1.29 is 15.3 Å². The first-order valence-electron chi connectivity index (χ1n) is 14.5. The van der Waals surface area contributed by atoms with Gasteiger partial charge in [-0.3, -0.25) is 0 Å². The molecule has 1 saturated carbocycles. The Labute approximate surface area is 218 Å². The monoisotopic (exact) mass is 492 g/mol. The summed E-state index contributed by atoms with van der Waals surface area (Å²) in [7, 11) is 0. The van der Waals surface area contributed by atoms with Gasteiger partial charge in [-0.1, -0.05) is 76.6 Å². The van der Waals surface area contributed by atoms with Crippen LogP contribution in [-0.4, -0.2) is 27.5 Å². The fourth-order valence-electron chi connectivity index (χ4n) is 9.57. The fraction of sp³-hybridized carbons (Fsp3) is 0.697. The Bertz CT molecular complexity index is 1040. The predicted molar refractivity (Wildman–Crippen MR) is 146 cm³/mol. The quantitative estimate of drug-likeness (QED) is 0.395. The summed E-state index contributed by atoms with van der Waals surface area (Å²) in [6, 6.07) is 10.1. The largest absolute Gasteiger partial charge is 0.396 e. The Kier molecular flexibility index (Phi) is 6.62. The summed E-state index contributed by atoms with van der Waals surface area (Å²) >= 11 is 0. The van der Waals surface area contributed by atoms with Crippen LogP contribution in [0.1, 0.15) is 104 Å². The minimum atomic E-state index is -0.778. The lowest BCUT2D eigenvalue weighted by atomic mass is 9.43. The van der Waals surface area contributed by atoms with Crippen LogP contribution in [-0.2, 0) is 0 Å². The van der Waals surface area contributed by atoms with Gasteiger partial charge in [-0.15, -0.1) is 0 Å². The van der Waals surface area contributed by atoms with Crippen LogP contribution in [0.2, 0.25) is 0 Å². The highest BCUT2D eigenvalue weighted by molar-refractivity contribution is 5.50. The summed E-state index contributed by atoms with van der Waals surface area (Å²) in [4.78, 5) is 0. The predicted octanol–water partition coefficient (Wildman–Crippen LogP) is 7.14. The number of hydrogen-bond donors (Lipinski definition) is 3. The molecule has 3 N–H and O–H groups in total. The third-order valence-corrected chi connectivity index (χ3v) is 11.9. The van der Waals surface area contributed by atoms with Gasteiger partial charge in [0.2, 0.25) is 0 Å². The molecule has 1 aromatic rings. The van der Waals surface area contributed by atoms with Crippen molar-refractivity contribution >= 4 is 0 Å². The number of aliphatic hydroxyl groups excluding tert-OH is 2. The maximum absolute atomic E-state index is 11.6. The van der Waals surface area contributed by atoms with E-state index in [2.05, 4.69) is 40.7 Å². The number of benzene rings is 1. The highest BCUT2D eigenvalue weighted by Crippen LogP contribution is 2.68. The Morgan fingerprint density at radius 3 is 2.39 bits per heavy atom. The molecule has 0 spiro atoms. The highest BCUT2D eigenvalue weighted by atomic mass is 16.3. The van der Waals surface area contributed by atoms with Gasteiger partial charge in [0.1, 0.15) is 0 Å². The zero-order valence-electron chi connectivity index (χ0n) is 23.2. The van der Waals surface area contributed by atoms with Crippen LogP contribution in [0, 0.1) is 34.0 Å². The normalized spacial score (nSPS) is 39.1. The number of rotatable bonds is 6. The van der Waals surface area contributed by atoms with Gasteiger partial charge in [0.15, 0.2) is 0 Å². The molecule has 198 valence electrons. The first kappa shape index (κ1) is 26.2. The zero-order chi connectivity index (χ0) is 25.9. The van der Waals surface area contributed by atoms with Crippen molar-refractivity contribution in [3.05, 3.63) is 58.7 Å². The molecular formula is C33H48O3. The van der Waals surface area contributed by atoms with Crippen LogP contribution in [0.5, 0.6) is 0 Å². The molecule has 0 aliphatic heterocycles. The van der Waals surface area contributed by atoms with E-state index in [0.717, 1.165) is 50.5 Å². The summed E-state index contributed by atoms with van der Waals surface area (Å²) in [5.74, 6) is 1.47. The molecule has 5 rings (SSSR count). The Balaban J connectivity index is 1.39. The van der Waals surface area contributed by atoms with Gasteiger partial charge < -0.3 is 15.3 Å². The lowest BCUT2D eigenvalue weighted by molar-refractivity contribution is -0.174. The van der Waals surface area contributed by atoms with Crippen molar-refractivity contribution in [1.29, 1.82) is 0 Å². The van der Waals surface area contributed by atoms with Crippen molar-refractivity contribution in [2.75, 3.05) is 6.61 Å². The van der Waals surface area contributed by atoms with Crippen molar-refractivity contribution in [2.24, 2.45) is 34.0 Å². The SMILES string of the molecule is C[C@H](C[C@H](O)c1ccccc1)[C@H]1CC=C2C3=C(CC[C@@]21C)[C@@]1(C)CC[C@@](O)(CCO)C(C)(C)[C@@H]1CC3. The molecule has 1 aromatic carbocycles. The van der Waals surface area contributed by atoms with Crippen LogP contribution >= 0.6 is 0 Å². The lowest BCUT2D eigenvalue weighted by Crippen LogP contribution is -2.60. The van der Waals surface area contributed by atoms with Crippen LogP contribution < -0.4 is 0 Å². The van der Waals surface area contributed by atoms with E-state index < -0.39 is 11.7 Å². The Hall–Kier alpha value is -1.42. The van der Waals surface area contributed by atoms with E-state index in [1.165, 1.54) is 6.42 Å². The molecule has 0 unspecified atom stereocenters. The third kappa shape index (κ3) is 3.79. The summed E-state index contributed by atoms with van der Waals surface area (Å²) in [6.07, 6.45) is 11.0. The molecule has 3 heteroatoms. The number of aliphatic hydroxyl groups is 3. The van der Waals surface area contributed by atoms with E-state index in [0.29, 0.717) is 24.2 Å². The molecule has 4 aliphatic rings. The smallest absolute Gasteiger partial charge is 0.0792 e. The topological polar surface area (TPSA) is 60.7 Å². The van der Waals surface area contributed by atoms with Crippen LogP contribution in [0.3, 0.4) is 0 Å². The van der Waals surface area contributed by atoms with E-state index in [-0.39, 0.29) is 22.9 Å². The summed E-state index contributed by atoms with van der Waals surface area (Å²) in [5, 5.41) is 32.2. The van der Waals surface area contributed by atoms with Crippen LogP contribution in [0.15, 0.2) is 53.1 Å². The molecule has 0 aromatic heterocycles. The van der Waals surface area contributed by atoms with Crippen LogP contribution in [0.25, 0.3) is 0 Å². The van der Waals surface area contributed by atoms with E-state index >= 15 is 0 Å². The fourth-order valence-corrected chi connectivity index (χ4v) is 9.57. The van der Waals surface area contributed by atoms with Gasteiger partial charge in [-0.25, -0.2) is 0 Å². The molecule has 0 heterocycles. The second-order valence-electron chi connectivity index (χ2n) is 13.7. The van der Waals surface area contributed by atoms with E-state index in [4.69, 9.17) is 0 Å². The average molecular weight is 493 g/mol. The highest BCUT2D eigenvalue weighted by Gasteiger charge is 2.61. The average Bonchev–Trinajstić information content (AvgIpc) is 3.20. The van der Waals surface area contributed by atoms with Crippen molar-refractivity contribution in [3.63, 3.8) is 0 Å². The molecule has 0 amide bonds. The molecule has 3 nitrogen and oxygen atoms in total. The van der Waals surface area contributed by atoms with Gasteiger partial charge in [0.25, 0.3) is 0 Å². The summed E-state index contributed by atoms with van der Waals surface area (Å²) in [5.41, 5.74) is 5.30. The Morgan fingerprint density at radius 2 is 1.69 bits per heavy atom. The first-order chi connectivity index (χ1) is 17.0. The maximum Gasteiger partial charge on any atom is 0.0792 e. The van der Waals surface area contributed by atoms with Gasteiger partial charge in [0.05, 0.1) is 11.7 Å². The van der Waals surface area contributed by atoms with Crippen molar-refractivity contribution in [2.45, 2.75) is 104 Å². The molecule has 7 atom stereocenters. The molecule has 0 radical (unpaired) electrons. The van der Waals surface area contributed by atoms with Gasteiger partial charge in [0, 0.05) is 6.61 Å². The van der Waals surface area contributed by atoms with Gasteiger partial charge >= 0.3 is 0 Å². The standard InChI is InChI=1S/C33H48O3/c1-22(21-28(35)23-9-7-6-8-10-23)25-12-13-26-24-11-14-29-30(2,3)33(36,19-20-34)18-17-32(29,5)27(24)15-16-31(25,26)4/h6-10,13,22,25,28-29,34-36H,11-12,14-21H2,1-5H3/t22-,25-,28+,29+,31-,32-,33-/m1/s1. The second kappa shape index (κ2) is 9.10. The second-order valence-corrected chi connectivity index (χ2v) is 13.7. The third-order valence-electron chi connectivity index (χ3n) is 11.9. The van der Waals surface area contributed by atoms with Crippen molar-refractivity contribution in [1.82, 2.24) is 0 Å². The van der Waals surface area contributed by atoms with Gasteiger partial charge in [-0.2, -0.15) is 0 Å². The maximum atomic E-state index is 11.6. The molecule has 36 heavy (non-hydrogen) atoms. The molecule has 4 aliphatic carbocycles. The molecule has 0 saturated heterocycles. The molecule has 0 bridgehead atoms. The number of hydrogen-bond acceptors (Lipinski definition) is 3. The lowest BCUT2D eigenvalue weighted by Gasteiger charge is -2.63. The minimum absolute atomic E-state index is 0.0566. The minimum Gasteiger partial charge on any atom is -0.396 e. The first-order valence-corrected chi connectivity index (χ1v) is 14.5. The Morgan fingerprint density at radius 1 is 0.972 bits per heavy atom. The number of allylic oxidation sites excluding steroid dienone is 4.